The van der Waals surface area contributed by atoms with E-state index in [2.05, 4.69) is 63.7 Å². The smallest absolute Gasteiger partial charge is 0.0564 e. The van der Waals surface area contributed by atoms with Crippen molar-refractivity contribution in [1.29, 1.82) is 0 Å². The Balaban J connectivity index is 1.32. The minimum atomic E-state index is -0.104. The predicted octanol–water partition coefficient (Wildman–Crippen LogP) is 3.74. The number of likely N-dealkylation sites (tertiary alicyclic amines) is 1. The van der Waals surface area contributed by atoms with E-state index in [1.807, 2.05) is 6.20 Å². The van der Waals surface area contributed by atoms with Crippen molar-refractivity contribution in [2.24, 2.45) is 0 Å². The first kappa shape index (κ1) is 16.2. The number of hydrogen-bond acceptors (Lipinski definition) is 3. The summed E-state index contributed by atoms with van der Waals surface area (Å²) in [5, 5.41) is 14.3. The molecule has 3 aromatic rings. The van der Waals surface area contributed by atoms with Crippen LogP contribution in [0.3, 0.4) is 0 Å². The third-order valence-electron chi connectivity index (χ3n) is 5.03. The second-order valence-electron chi connectivity index (χ2n) is 6.96. The number of rotatable bonds is 5. The van der Waals surface area contributed by atoms with Crippen LogP contribution >= 0.6 is 0 Å². The van der Waals surface area contributed by atoms with Gasteiger partial charge in [0, 0.05) is 43.6 Å². The molecule has 0 bridgehead atoms. The van der Waals surface area contributed by atoms with Gasteiger partial charge in [0.1, 0.15) is 0 Å². The highest BCUT2D eigenvalue weighted by molar-refractivity contribution is 5.79. The highest BCUT2D eigenvalue weighted by Gasteiger charge is 2.16. The van der Waals surface area contributed by atoms with Crippen molar-refractivity contribution in [3.63, 3.8) is 0 Å². The Morgan fingerprint density at radius 1 is 1.00 bits per heavy atom. The fourth-order valence-corrected chi connectivity index (χ4v) is 3.47. The molecule has 4 rings (SSSR count). The number of nitrogens with one attached hydrogen (secondary N) is 2. The Morgan fingerprint density at radius 3 is 2.56 bits per heavy atom. The summed E-state index contributed by atoms with van der Waals surface area (Å²) in [5.41, 5.74) is 4.92. The maximum absolute atomic E-state index is 9.59. The molecular weight excluding hydrogens is 310 g/mol. The van der Waals surface area contributed by atoms with Crippen LogP contribution in [0.4, 0.5) is 5.69 Å². The largest absolute Gasteiger partial charge is 0.393 e. The molecular formula is C21H25N3O. The fraction of sp³-hybridized carbons (Fsp3) is 0.333. The Bertz CT molecular complexity index is 817. The van der Waals surface area contributed by atoms with Crippen molar-refractivity contribution in [3.05, 3.63) is 65.9 Å². The lowest BCUT2D eigenvalue weighted by Crippen LogP contribution is -2.35. The molecule has 0 aliphatic carbocycles. The van der Waals surface area contributed by atoms with Crippen LogP contribution in [0.5, 0.6) is 0 Å². The van der Waals surface area contributed by atoms with E-state index < -0.39 is 0 Å². The summed E-state index contributed by atoms with van der Waals surface area (Å²) in [4.78, 5) is 5.68. The van der Waals surface area contributed by atoms with Gasteiger partial charge >= 0.3 is 0 Å². The maximum atomic E-state index is 9.59. The number of piperidine rings is 1. The number of benzene rings is 2. The molecule has 0 spiro atoms. The first-order valence-corrected chi connectivity index (χ1v) is 9.05. The molecule has 1 fully saturated rings. The van der Waals surface area contributed by atoms with Crippen LogP contribution in [0.1, 0.15) is 24.0 Å². The number of aromatic amines is 1. The van der Waals surface area contributed by atoms with E-state index >= 15 is 0 Å². The summed E-state index contributed by atoms with van der Waals surface area (Å²) in [6.45, 7) is 3.76. The molecule has 1 aromatic heterocycles. The normalized spacial score (nSPS) is 16.4. The fourth-order valence-electron chi connectivity index (χ4n) is 3.47. The van der Waals surface area contributed by atoms with Gasteiger partial charge in [-0.25, -0.2) is 0 Å². The van der Waals surface area contributed by atoms with Gasteiger partial charge in [-0.1, -0.05) is 24.3 Å². The predicted molar refractivity (Wildman–Crippen MR) is 103 cm³/mol. The number of aromatic nitrogens is 1. The maximum Gasteiger partial charge on any atom is 0.0564 e. The molecule has 25 heavy (non-hydrogen) atoms. The Hall–Kier alpha value is -2.30. The molecule has 0 unspecified atom stereocenters. The highest BCUT2D eigenvalue weighted by atomic mass is 16.3. The summed E-state index contributed by atoms with van der Waals surface area (Å²) in [7, 11) is 0. The van der Waals surface area contributed by atoms with E-state index in [0.29, 0.717) is 0 Å². The average Bonchev–Trinajstić information content (AvgIpc) is 3.11. The standard InChI is InChI=1S/C21H25N3O/c25-20-8-11-24(12-9-20)15-16-2-5-19(6-3-16)23-14-17-1-4-18-7-10-22-21(18)13-17/h1-7,10,13,20,22-23,25H,8-9,11-12,14-15H2. The van der Waals surface area contributed by atoms with Gasteiger partial charge in [0.05, 0.1) is 6.10 Å². The van der Waals surface area contributed by atoms with Crippen LogP contribution in [0.15, 0.2) is 54.7 Å². The van der Waals surface area contributed by atoms with Crippen LogP contribution in [-0.2, 0) is 13.1 Å². The lowest BCUT2D eigenvalue weighted by Gasteiger charge is -2.29. The number of hydrogen-bond donors (Lipinski definition) is 3. The lowest BCUT2D eigenvalue weighted by atomic mass is 10.1. The molecule has 1 saturated heterocycles. The monoisotopic (exact) mass is 335 g/mol. The van der Waals surface area contributed by atoms with Crippen LogP contribution in [0, 0.1) is 0 Å². The van der Waals surface area contributed by atoms with Gasteiger partial charge in [-0.15, -0.1) is 0 Å². The number of aliphatic hydroxyl groups is 1. The number of H-pyrrole nitrogens is 1. The minimum Gasteiger partial charge on any atom is -0.393 e. The molecule has 0 saturated carbocycles. The Kier molecular flexibility index (Phi) is 4.72. The SMILES string of the molecule is OC1CCN(Cc2ccc(NCc3ccc4cc[nH]c4c3)cc2)CC1. The van der Waals surface area contributed by atoms with Crippen molar-refractivity contribution < 1.29 is 5.11 Å². The summed E-state index contributed by atoms with van der Waals surface area (Å²) in [6.07, 6.45) is 3.66. The van der Waals surface area contributed by atoms with E-state index in [1.54, 1.807) is 0 Å². The summed E-state index contributed by atoms with van der Waals surface area (Å²) < 4.78 is 0. The van der Waals surface area contributed by atoms with Gasteiger partial charge in [-0.2, -0.15) is 0 Å². The molecule has 130 valence electrons. The molecule has 4 heteroatoms. The van der Waals surface area contributed by atoms with E-state index in [1.165, 1.54) is 22.0 Å². The van der Waals surface area contributed by atoms with Crippen molar-refractivity contribution in [2.75, 3.05) is 18.4 Å². The van der Waals surface area contributed by atoms with Crippen LogP contribution < -0.4 is 5.32 Å². The molecule has 2 heterocycles. The summed E-state index contributed by atoms with van der Waals surface area (Å²) in [5.74, 6) is 0. The van der Waals surface area contributed by atoms with Gasteiger partial charge in [-0.05, 0) is 53.6 Å². The first-order valence-electron chi connectivity index (χ1n) is 9.05. The first-order chi connectivity index (χ1) is 12.3. The third kappa shape index (κ3) is 4.03. The quantitative estimate of drug-likeness (QED) is 0.666. The van der Waals surface area contributed by atoms with E-state index in [0.717, 1.165) is 44.7 Å². The summed E-state index contributed by atoms with van der Waals surface area (Å²) >= 11 is 0. The highest BCUT2D eigenvalue weighted by Crippen LogP contribution is 2.18. The van der Waals surface area contributed by atoms with Crippen molar-refractivity contribution >= 4 is 16.6 Å². The zero-order valence-corrected chi connectivity index (χ0v) is 14.4. The topological polar surface area (TPSA) is 51.3 Å². The van der Waals surface area contributed by atoms with Gasteiger partial charge in [0.15, 0.2) is 0 Å². The minimum absolute atomic E-state index is 0.104. The van der Waals surface area contributed by atoms with Crippen LogP contribution in [-0.4, -0.2) is 34.2 Å². The molecule has 1 aliphatic rings. The van der Waals surface area contributed by atoms with Gasteiger partial charge < -0.3 is 15.4 Å². The molecule has 0 radical (unpaired) electrons. The molecule has 1 aliphatic heterocycles. The molecule has 3 N–H and O–H groups in total. The molecule has 0 amide bonds. The van der Waals surface area contributed by atoms with E-state index in [4.69, 9.17) is 0 Å². The number of anilines is 1. The second kappa shape index (κ2) is 7.30. The second-order valence-corrected chi connectivity index (χ2v) is 6.96. The third-order valence-corrected chi connectivity index (χ3v) is 5.03. The van der Waals surface area contributed by atoms with Gasteiger partial charge in [-0.3, -0.25) is 4.90 Å². The number of nitrogens with zero attached hydrogens (tertiary/aromatic N) is 1. The molecule has 2 aromatic carbocycles. The number of aliphatic hydroxyl groups excluding tert-OH is 1. The Morgan fingerprint density at radius 2 is 1.76 bits per heavy atom. The lowest BCUT2D eigenvalue weighted by molar-refractivity contribution is 0.0792. The van der Waals surface area contributed by atoms with Crippen molar-refractivity contribution in [2.45, 2.75) is 32.0 Å². The average molecular weight is 335 g/mol. The van der Waals surface area contributed by atoms with Crippen molar-refractivity contribution in [1.82, 2.24) is 9.88 Å². The van der Waals surface area contributed by atoms with Gasteiger partial charge in [0.2, 0.25) is 0 Å². The van der Waals surface area contributed by atoms with E-state index in [9.17, 15) is 5.11 Å². The van der Waals surface area contributed by atoms with Gasteiger partial charge in [0.25, 0.3) is 0 Å². The zero-order chi connectivity index (χ0) is 17.1. The zero-order valence-electron chi connectivity index (χ0n) is 14.4. The summed E-state index contributed by atoms with van der Waals surface area (Å²) in [6, 6.07) is 17.3. The molecule has 0 atom stereocenters. The molecule has 4 nitrogen and oxygen atoms in total. The van der Waals surface area contributed by atoms with Crippen LogP contribution in [0.25, 0.3) is 10.9 Å². The van der Waals surface area contributed by atoms with Crippen molar-refractivity contribution in [3.8, 4) is 0 Å². The number of fused-ring (bicyclic) bond motifs is 1. The van der Waals surface area contributed by atoms with Crippen LogP contribution in [0.2, 0.25) is 0 Å². The Labute approximate surface area is 148 Å². The van der Waals surface area contributed by atoms with E-state index in [-0.39, 0.29) is 6.10 Å².